The van der Waals surface area contributed by atoms with Gasteiger partial charge in [-0.2, -0.15) is 0 Å². The molecule has 0 aliphatic heterocycles. The third-order valence-corrected chi connectivity index (χ3v) is 2.08. The molecule has 0 aliphatic carbocycles. The zero-order chi connectivity index (χ0) is 11.7. The van der Waals surface area contributed by atoms with Gasteiger partial charge in [0.15, 0.2) is 0 Å². The van der Waals surface area contributed by atoms with E-state index in [0.29, 0.717) is 5.92 Å². The fourth-order valence-electron chi connectivity index (χ4n) is 1.18. The molecule has 1 aromatic carbocycles. The maximum Gasteiger partial charge on any atom is 0.0340 e. The van der Waals surface area contributed by atoms with Gasteiger partial charge in [-0.3, -0.25) is 0 Å². The number of nitrogens with one attached hydrogen (secondary N) is 1. The third kappa shape index (κ3) is 6.16. The van der Waals surface area contributed by atoms with Crippen LogP contribution in [0.1, 0.15) is 40.2 Å². The molecule has 0 spiro atoms. The Labute approximate surface area is 94.9 Å². The van der Waals surface area contributed by atoms with Gasteiger partial charge in [-0.05, 0) is 30.0 Å². The highest BCUT2D eigenvalue weighted by atomic mass is 14.9. The Balaban J connectivity index is 0.000000921. The highest BCUT2D eigenvalue weighted by Crippen LogP contribution is 2.10. The number of anilines is 1. The average Bonchev–Trinajstić information content (AvgIpc) is 2.30. The summed E-state index contributed by atoms with van der Waals surface area (Å²) in [6, 6.07) is 8.67. The number of hydrogen-bond donors (Lipinski definition) is 1. The van der Waals surface area contributed by atoms with Gasteiger partial charge in [0.1, 0.15) is 0 Å². The lowest BCUT2D eigenvalue weighted by Crippen LogP contribution is -2.07. The van der Waals surface area contributed by atoms with Crippen LogP contribution in [0.4, 0.5) is 5.69 Å². The van der Waals surface area contributed by atoms with Crippen LogP contribution >= 0.6 is 0 Å². The monoisotopic (exact) mass is 207 g/mol. The van der Waals surface area contributed by atoms with E-state index in [2.05, 4.69) is 50.4 Å². The van der Waals surface area contributed by atoms with Crippen LogP contribution < -0.4 is 5.32 Å². The predicted octanol–water partition coefficient (Wildman–Crippen LogP) is 4.34. The van der Waals surface area contributed by atoms with E-state index in [1.54, 1.807) is 0 Å². The first-order valence-electron chi connectivity index (χ1n) is 6.05. The summed E-state index contributed by atoms with van der Waals surface area (Å²) in [5.41, 5.74) is 2.63. The molecule has 1 N–H and O–H groups in total. The van der Waals surface area contributed by atoms with Gasteiger partial charge in [0.25, 0.3) is 0 Å². The van der Waals surface area contributed by atoms with Crippen molar-refractivity contribution in [3.8, 4) is 0 Å². The van der Waals surface area contributed by atoms with Gasteiger partial charge in [-0.15, -0.1) is 0 Å². The first kappa shape index (κ1) is 14.0. The van der Waals surface area contributed by atoms with E-state index in [0.717, 1.165) is 13.0 Å². The molecule has 0 aromatic heterocycles. The Morgan fingerprint density at radius 1 is 1.07 bits per heavy atom. The molecule has 86 valence electrons. The van der Waals surface area contributed by atoms with Crippen molar-refractivity contribution >= 4 is 5.69 Å². The van der Waals surface area contributed by atoms with Crippen LogP contribution in [-0.2, 0) is 6.42 Å². The maximum absolute atomic E-state index is 3.40. The molecule has 0 atom stereocenters. The largest absolute Gasteiger partial charge is 0.385 e. The zero-order valence-corrected chi connectivity index (χ0v) is 10.8. The lowest BCUT2D eigenvalue weighted by molar-refractivity contribution is 0.689. The van der Waals surface area contributed by atoms with Crippen molar-refractivity contribution in [1.29, 1.82) is 0 Å². The molecule has 1 nitrogen and oxygen atoms in total. The Kier molecular flexibility index (Phi) is 7.79. The van der Waals surface area contributed by atoms with Crippen LogP contribution in [0.3, 0.4) is 0 Å². The van der Waals surface area contributed by atoms with Crippen LogP contribution in [0.5, 0.6) is 0 Å². The lowest BCUT2D eigenvalue weighted by atomic mass is 10.1. The fraction of sp³-hybridized carbons (Fsp3) is 0.571. The minimum absolute atomic E-state index is 0.700. The molecule has 15 heavy (non-hydrogen) atoms. The molecule has 1 aromatic rings. The molecule has 0 bridgehead atoms. The summed E-state index contributed by atoms with van der Waals surface area (Å²) in [5.74, 6) is 0.700. The molecule has 0 saturated carbocycles. The smallest absolute Gasteiger partial charge is 0.0340 e. The molecule has 0 aliphatic rings. The Hall–Kier alpha value is -0.980. The van der Waals surface area contributed by atoms with E-state index < -0.39 is 0 Å². The maximum atomic E-state index is 3.40. The van der Waals surface area contributed by atoms with E-state index in [1.165, 1.54) is 11.3 Å². The van der Waals surface area contributed by atoms with Crippen molar-refractivity contribution < 1.29 is 0 Å². The highest BCUT2D eigenvalue weighted by Gasteiger charge is 1.94. The molecular weight excluding hydrogens is 182 g/mol. The van der Waals surface area contributed by atoms with Crippen LogP contribution in [0.25, 0.3) is 0 Å². The van der Waals surface area contributed by atoms with Crippen molar-refractivity contribution in [1.82, 2.24) is 0 Å². The number of benzene rings is 1. The van der Waals surface area contributed by atoms with Gasteiger partial charge in [-0.1, -0.05) is 46.8 Å². The number of aryl methyl sites for hydroxylation is 1. The van der Waals surface area contributed by atoms with Crippen LogP contribution in [0, 0.1) is 5.92 Å². The molecule has 0 amide bonds. The number of rotatable bonds is 4. The Bertz CT molecular complexity index is 236. The summed E-state index contributed by atoms with van der Waals surface area (Å²) in [6.07, 6.45) is 1.12. The molecule has 0 fully saturated rings. The predicted molar refractivity (Wildman–Crippen MR) is 70.5 cm³/mol. The third-order valence-electron chi connectivity index (χ3n) is 2.08. The normalized spacial score (nSPS) is 9.47. The van der Waals surface area contributed by atoms with Gasteiger partial charge in [0.2, 0.25) is 0 Å². The quantitative estimate of drug-likeness (QED) is 0.774. The first-order valence-corrected chi connectivity index (χ1v) is 6.05. The van der Waals surface area contributed by atoms with Crippen molar-refractivity contribution in [2.45, 2.75) is 41.0 Å². The van der Waals surface area contributed by atoms with E-state index in [9.17, 15) is 0 Å². The van der Waals surface area contributed by atoms with Gasteiger partial charge in [0, 0.05) is 12.2 Å². The molecule has 0 unspecified atom stereocenters. The topological polar surface area (TPSA) is 12.0 Å². The molecule has 1 heteroatoms. The van der Waals surface area contributed by atoms with Gasteiger partial charge in [0.05, 0.1) is 0 Å². The van der Waals surface area contributed by atoms with E-state index >= 15 is 0 Å². The Morgan fingerprint density at radius 3 is 2.00 bits per heavy atom. The molecule has 1 rings (SSSR count). The highest BCUT2D eigenvalue weighted by molar-refractivity contribution is 5.44. The Morgan fingerprint density at radius 2 is 1.60 bits per heavy atom. The van der Waals surface area contributed by atoms with Crippen LogP contribution in [-0.4, -0.2) is 6.54 Å². The van der Waals surface area contributed by atoms with Gasteiger partial charge >= 0.3 is 0 Å². The van der Waals surface area contributed by atoms with E-state index in [4.69, 9.17) is 0 Å². The average molecular weight is 207 g/mol. The summed E-state index contributed by atoms with van der Waals surface area (Å²) in [4.78, 5) is 0. The first-order chi connectivity index (χ1) is 7.22. The summed E-state index contributed by atoms with van der Waals surface area (Å²) in [7, 11) is 0. The van der Waals surface area contributed by atoms with Crippen molar-refractivity contribution in [3.05, 3.63) is 29.8 Å². The lowest BCUT2D eigenvalue weighted by Gasteiger charge is -2.08. The number of hydrogen-bond acceptors (Lipinski definition) is 1. The standard InChI is InChI=1S/C12H19N.C2H6/c1-4-11-5-7-12(8-6-11)13-9-10(2)3;1-2/h5-8,10,13H,4,9H2,1-3H3;1-2H3. The zero-order valence-electron chi connectivity index (χ0n) is 10.8. The minimum Gasteiger partial charge on any atom is -0.385 e. The summed E-state index contributed by atoms with van der Waals surface area (Å²) in [5, 5.41) is 3.40. The summed E-state index contributed by atoms with van der Waals surface area (Å²) >= 11 is 0. The minimum atomic E-state index is 0.700. The molecular formula is C14H25N. The van der Waals surface area contributed by atoms with Crippen LogP contribution in [0.2, 0.25) is 0 Å². The second-order valence-electron chi connectivity index (χ2n) is 3.83. The molecule has 0 radical (unpaired) electrons. The fourth-order valence-corrected chi connectivity index (χ4v) is 1.18. The van der Waals surface area contributed by atoms with Crippen molar-refractivity contribution in [2.24, 2.45) is 5.92 Å². The molecule has 0 saturated heterocycles. The SMILES string of the molecule is CC.CCc1ccc(NCC(C)C)cc1. The molecule has 0 heterocycles. The van der Waals surface area contributed by atoms with E-state index in [-0.39, 0.29) is 0 Å². The van der Waals surface area contributed by atoms with Gasteiger partial charge < -0.3 is 5.32 Å². The van der Waals surface area contributed by atoms with E-state index in [1.807, 2.05) is 13.8 Å². The van der Waals surface area contributed by atoms with Crippen LogP contribution in [0.15, 0.2) is 24.3 Å². The van der Waals surface area contributed by atoms with Crippen molar-refractivity contribution in [2.75, 3.05) is 11.9 Å². The van der Waals surface area contributed by atoms with Crippen molar-refractivity contribution in [3.63, 3.8) is 0 Å². The van der Waals surface area contributed by atoms with Gasteiger partial charge in [-0.25, -0.2) is 0 Å². The second-order valence-corrected chi connectivity index (χ2v) is 3.83. The summed E-state index contributed by atoms with van der Waals surface area (Å²) < 4.78 is 0. The summed E-state index contributed by atoms with van der Waals surface area (Å²) in [6.45, 7) is 11.7. The second kappa shape index (κ2) is 8.34.